The first kappa shape index (κ1) is 22.6. The van der Waals surface area contributed by atoms with Gasteiger partial charge in [0.2, 0.25) is 0 Å². The maximum atomic E-state index is 14.7. The van der Waals surface area contributed by atoms with E-state index < -0.39 is 6.04 Å². The summed E-state index contributed by atoms with van der Waals surface area (Å²) in [5.74, 6) is -0.134. The number of rotatable bonds is 7. The molecule has 2 atom stereocenters. The number of nitrogens with zero attached hydrogens (tertiary/aromatic N) is 2. The minimum Gasteiger partial charge on any atom is -0.379 e. The van der Waals surface area contributed by atoms with E-state index in [4.69, 9.17) is 4.74 Å². The number of ketones is 1. The number of carbonyl (C=O) groups excluding carboxylic acids is 2. The highest BCUT2D eigenvalue weighted by molar-refractivity contribution is 8.14. The molecular weight excluding hydrogens is 415 g/mol. The van der Waals surface area contributed by atoms with Gasteiger partial charge in [0.05, 0.1) is 19.3 Å². The quantitative estimate of drug-likeness (QED) is 0.598. The molecule has 168 valence electrons. The molecule has 2 aliphatic heterocycles. The van der Waals surface area contributed by atoms with Gasteiger partial charge in [-0.3, -0.25) is 19.4 Å². The maximum Gasteiger partial charge on any atom is 0.186 e. The lowest BCUT2D eigenvalue weighted by molar-refractivity contribution is -0.126. The van der Waals surface area contributed by atoms with Crippen LogP contribution in [0.15, 0.2) is 35.9 Å². The molecule has 3 aliphatic rings. The molecule has 2 saturated heterocycles. The molecule has 0 radical (unpaired) electrons. The first-order valence-corrected chi connectivity index (χ1v) is 12.1. The third-order valence-corrected chi connectivity index (χ3v) is 7.47. The Labute approximate surface area is 188 Å². The number of thioether (sulfide) groups is 1. The van der Waals surface area contributed by atoms with Gasteiger partial charge in [0.1, 0.15) is 5.82 Å². The number of carbonyl (C=O) groups is 2. The van der Waals surface area contributed by atoms with Gasteiger partial charge in [0, 0.05) is 56.4 Å². The average Bonchev–Trinajstić information content (AvgIpc) is 3.61. The Kier molecular flexibility index (Phi) is 7.59. The molecule has 4 rings (SSSR count). The zero-order valence-electron chi connectivity index (χ0n) is 18.1. The number of ether oxygens (including phenoxy) is 1. The van der Waals surface area contributed by atoms with Crippen LogP contribution in [0.3, 0.4) is 0 Å². The van der Waals surface area contributed by atoms with Gasteiger partial charge in [-0.1, -0.05) is 36.0 Å². The van der Waals surface area contributed by atoms with Crippen molar-refractivity contribution in [3.8, 4) is 0 Å². The summed E-state index contributed by atoms with van der Waals surface area (Å²) < 4.78 is 20.2. The van der Waals surface area contributed by atoms with Gasteiger partial charge in [0.15, 0.2) is 10.9 Å². The Morgan fingerprint density at radius 1 is 1.19 bits per heavy atom. The van der Waals surface area contributed by atoms with Crippen LogP contribution >= 0.6 is 11.8 Å². The fourth-order valence-corrected chi connectivity index (χ4v) is 5.43. The van der Waals surface area contributed by atoms with Gasteiger partial charge in [-0.25, -0.2) is 4.39 Å². The van der Waals surface area contributed by atoms with E-state index in [1.807, 2.05) is 0 Å². The molecule has 0 bridgehead atoms. The van der Waals surface area contributed by atoms with E-state index >= 15 is 0 Å². The van der Waals surface area contributed by atoms with Crippen LogP contribution < -0.4 is 0 Å². The molecule has 5 nitrogen and oxygen atoms in total. The average molecular weight is 447 g/mol. The smallest absolute Gasteiger partial charge is 0.186 e. The molecular formula is C24H31FN2O3S. The highest BCUT2D eigenvalue weighted by atomic mass is 32.2. The van der Waals surface area contributed by atoms with E-state index in [0.29, 0.717) is 18.7 Å². The van der Waals surface area contributed by atoms with Crippen LogP contribution in [-0.2, 0) is 14.3 Å². The molecule has 1 saturated carbocycles. The standard InChI is InChI=1S/C24H31FN2O3S/c1-17(28)31-22-9-11-27(16-19(22)8-10-26-12-14-30-15-13-26)23(24(29)18-6-7-18)20-4-2-3-5-21(20)25/h2-5,8,18,22-23H,6-7,9-16H2,1H3. The number of hydrogen-bond acceptors (Lipinski definition) is 6. The molecule has 2 unspecified atom stereocenters. The lowest BCUT2D eigenvalue weighted by Crippen LogP contribution is -2.43. The maximum absolute atomic E-state index is 14.7. The molecule has 1 aliphatic carbocycles. The lowest BCUT2D eigenvalue weighted by Gasteiger charge is -2.39. The van der Waals surface area contributed by atoms with Crippen LogP contribution in [0.25, 0.3) is 0 Å². The van der Waals surface area contributed by atoms with Crippen LogP contribution in [0.4, 0.5) is 4.39 Å². The minimum atomic E-state index is -0.552. The highest BCUT2D eigenvalue weighted by Gasteiger charge is 2.41. The number of Topliss-reactive ketones (excluding diaryl/α,β-unsaturated/α-hetero) is 1. The molecule has 1 aromatic rings. The minimum absolute atomic E-state index is 0.0507. The number of likely N-dealkylation sites (tertiary alicyclic amines) is 1. The summed E-state index contributed by atoms with van der Waals surface area (Å²) in [6.07, 6.45) is 4.81. The normalized spacial score (nSPS) is 25.5. The first-order valence-electron chi connectivity index (χ1n) is 11.2. The predicted molar refractivity (Wildman–Crippen MR) is 120 cm³/mol. The number of piperidine rings is 1. The number of morpholine rings is 1. The van der Waals surface area contributed by atoms with Crippen molar-refractivity contribution in [3.63, 3.8) is 0 Å². The summed E-state index contributed by atoms with van der Waals surface area (Å²) in [6.45, 7) is 6.96. The van der Waals surface area contributed by atoms with Crippen LogP contribution in [0.1, 0.15) is 37.8 Å². The Balaban J connectivity index is 1.56. The van der Waals surface area contributed by atoms with Gasteiger partial charge in [-0.15, -0.1) is 0 Å². The van der Waals surface area contributed by atoms with Crippen LogP contribution in [0.2, 0.25) is 0 Å². The summed E-state index contributed by atoms with van der Waals surface area (Å²) in [4.78, 5) is 29.5. The zero-order valence-corrected chi connectivity index (χ0v) is 18.9. The zero-order chi connectivity index (χ0) is 21.8. The van der Waals surface area contributed by atoms with Crippen molar-refractivity contribution in [3.05, 3.63) is 47.3 Å². The Morgan fingerprint density at radius 2 is 1.94 bits per heavy atom. The first-order chi connectivity index (χ1) is 15.0. The van der Waals surface area contributed by atoms with Crippen molar-refractivity contribution in [2.24, 2.45) is 5.92 Å². The second-order valence-electron chi connectivity index (χ2n) is 8.65. The van der Waals surface area contributed by atoms with E-state index in [1.54, 1.807) is 25.1 Å². The summed E-state index contributed by atoms with van der Waals surface area (Å²) >= 11 is 1.37. The van der Waals surface area contributed by atoms with Crippen molar-refractivity contribution >= 4 is 22.7 Å². The molecule has 0 spiro atoms. The second kappa shape index (κ2) is 10.4. The van der Waals surface area contributed by atoms with Gasteiger partial charge in [0.25, 0.3) is 0 Å². The fraction of sp³-hybridized carbons (Fsp3) is 0.583. The Hall–Kier alpha value is -1.54. The Bertz CT molecular complexity index is 836. The van der Waals surface area contributed by atoms with Crippen molar-refractivity contribution in [1.29, 1.82) is 0 Å². The van der Waals surface area contributed by atoms with E-state index in [0.717, 1.165) is 52.1 Å². The molecule has 3 fully saturated rings. The van der Waals surface area contributed by atoms with Crippen molar-refractivity contribution in [2.75, 3.05) is 45.9 Å². The molecule has 0 aromatic heterocycles. The third kappa shape index (κ3) is 5.83. The molecule has 1 aromatic carbocycles. The van der Waals surface area contributed by atoms with E-state index in [2.05, 4.69) is 15.9 Å². The SMILES string of the molecule is CC(=O)SC1CCN(C(C(=O)C2CC2)c2ccccc2F)CC1=CCN1CCOCC1. The number of hydrogen-bond donors (Lipinski definition) is 0. The van der Waals surface area contributed by atoms with Crippen LogP contribution in [0.5, 0.6) is 0 Å². The van der Waals surface area contributed by atoms with Crippen LogP contribution in [-0.4, -0.2) is 71.9 Å². The molecule has 0 amide bonds. The monoisotopic (exact) mass is 446 g/mol. The number of halogens is 1. The highest BCUT2D eigenvalue weighted by Crippen LogP contribution is 2.40. The summed E-state index contributed by atoms with van der Waals surface area (Å²) in [5.41, 5.74) is 1.65. The summed E-state index contributed by atoms with van der Waals surface area (Å²) in [6, 6.07) is 6.10. The van der Waals surface area contributed by atoms with Crippen molar-refractivity contribution in [1.82, 2.24) is 9.80 Å². The predicted octanol–water partition coefficient (Wildman–Crippen LogP) is 3.46. The number of benzene rings is 1. The Morgan fingerprint density at radius 3 is 2.61 bits per heavy atom. The third-order valence-electron chi connectivity index (χ3n) is 6.32. The molecule has 31 heavy (non-hydrogen) atoms. The summed E-state index contributed by atoms with van der Waals surface area (Å²) in [5, 5.41) is 0.225. The van der Waals surface area contributed by atoms with Gasteiger partial charge >= 0.3 is 0 Å². The van der Waals surface area contributed by atoms with Gasteiger partial charge in [-0.05, 0) is 30.9 Å². The lowest BCUT2D eigenvalue weighted by atomic mass is 9.93. The van der Waals surface area contributed by atoms with E-state index in [9.17, 15) is 14.0 Å². The largest absolute Gasteiger partial charge is 0.379 e. The van der Waals surface area contributed by atoms with Gasteiger partial charge < -0.3 is 4.74 Å². The van der Waals surface area contributed by atoms with Crippen molar-refractivity contribution < 1.29 is 18.7 Å². The van der Waals surface area contributed by atoms with Crippen molar-refractivity contribution in [2.45, 2.75) is 37.5 Å². The fourth-order valence-electron chi connectivity index (χ4n) is 4.48. The van der Waals surface area contributed by atoms with Gasteiger partial charge in [-0.2, -0.15) is 0 Å². The molecule has 2 heterocycles. The topological polar surface area (TPSA) is 49.9 Å². The molecule has 7 heteroatoms. The molecule has 0 N–H and O–H groups in total. The van der Waals surface area contributed by atoms with Crippen LogP contribution in [0, 0.1) is 11.7 Å². The van der Waals surface area contributed by atoms with E-state index in [-0.39, 0.29) is 27.9 Å². The second-order valence-corrected chi connectivity index (χ2v) is 10.0. The van der Waals surface area contributed by atoms with E-state index in [1.165, 1.54) is 23.4 Å². The summed E-state index contributed by atoms with van der Waals surface area (Å²) in [7, 11) is 0.